The lowest BCUT2D eigenvalue weighted by molar-refractivity contribution is -0.285. The summed E-state index contributed by atoms with van der Waals surface area (Å²) in [5.41, 5.74) is -3.36. The molecule has 18 heavy (non-hydrogen) atoms. The van der Waals surface area contributed by atoms with E-state index < -0.39 is 24.3 Å². The van der Waals surface area contributed by atoms with Gasteiger partial charge in [0.1, 0.15) is 0 Å². The van der Waals surface area contributed by atoms with Crippen LogP contribution in [0, 0.1) is 6.92 Å². The lowest BCUT2D eigenvalue weighted by atomic mass is 9.93. The standard InChI is InChI=1S/C11H9F6N/c1-6-2-3-7-5-9(10(12,13)14,11(15,16)17)18-8(7)4-6/h2-4,18H,5H2,1H3. The molecular weight excluding hydrogens is 260 g/mol. The van der Waals surface area contributed by atoms with Crippen LogP contribution in [-0.4, -0.2) is 17.9 Å². The first-order valence-electron chi connectivity index (χ1n) is 5.08. The van der Waals surface area contributed by atoms with Gasteiger partial charge < -0.3 is 5.32 Å². The largest absolute Gasteiger partial charge is 0.420 e. The predicted octanol–water partition coefficient (Wildman–Crippen LogP) is 3.83. The fraction of sp³-hybridized carbons (Fsp3) is 0.455. The number of rotatable bonds is 0. The number of benzene rings is 1. The molecule has 7 heteroatoms. The molecule has 0 amide bonds. The molecule has 0 atom stereocenters. The Morgan fingerprint density at radius 2 is 1.61 bits per heavy atom. The van der Waals surface area contributed by atoms with Crippen LogP contribution in [0.5, 0.6) is 0 Å². The summed E-state index contributed by atoms with van der Waals surface area (Å²) in [5.74, 6) is 0. The van der Waals surface area contributed by atoms with E-state index in [1.807, 2.05) is 0 Å². The zero-order valence-electron chi connectivity index (χ0n) is 9.21. The summed E-state index contributed by atoms with van der Waals surface area (Å²) >= 11 is 0. The fourth-order valence-electron chi connectivity index (χ4n) is 2.02. The van der Waals surface area contributed by atoms with E-state index in [0.29, 0.717) is 5.56 Å². The van der Waals surface area contributed by atoms with Crippen molar-refractivity contribution in [3.05, 3.63) is 29.3 Å². The third-order valence-electron chi connectivity index (χ3n) is 3.04. The first-order valence-corrected chi connectivity index (χ1v) is 5.08. The number of halogens is 6. The number of hydrogen-bond donors (Lipinski definition) is 1. The molecule has 0 saturated carbocycles. The summed E-state index contributed by atoms with van der Waals surface area (Å²) in [6.45, 7) is 1.60. The number of aryl methyl sites for hydroxylation is 1. The van der Waals surface area contributed by atoms with Crippen molar-refractivity contribution in [2.24, 2.45) is 0 Å². The Kier molecular flexibility index (Phi) is 2.57. The van der Waals surface area contributed by atoms with Crippen molar-refractivity contribution in [3.8, 4) is 0 Å². The van der Waals surface area contributed by atoms with E-state index in [1.54, 1.807) is 12.2 Å². The van der Waals surface area contributed by atoms with Crippen LogP contribution in [0.1, 0.15) is 11.1 Å². The Balaban J connectivity index is 2.51. The maximum atomic E-state index is 12.8. The molecule has 0 saturated heterocycles. The van der Waals surface area contributed by atoms with Gasteiger partial charge in [-0.25, -0.2) is 0 Å². The Bertz CT molecular complexity index is 459. The van der Waals surface area contributed by atoms with Crippen LogP contribution in [0.2, 0.25) is 0 Å². The molecule has 0 aromatic heterocycles. The number of fused-ring (bicyclic) bond motifs is 1. The zero-order chi connectivity index (χ0) is 13.8. The first kappa shape index (κ1) is 13.0. The van der Waals surface area contributed by atoms with E-state index in [1.165, 1.54) is 18.2 Å². The Labute approximate surface area is 98.8 Å². The van der Waals surface area contributed by atoms with Gasteiger partial charge in [0, 0.05) is 12.1 Å². The summed E-state index contributed by atoms with van der Waals surface area (Å²) < 4.78 is 76.8. The van der Waals surface area contributed by atoms with Crippen molar-refractivity contribution < 1.29 is 26.3 Å². The third kappa shape index (κ3) is 1.72. The number of alkyl halides is 6. The fourth-order valence-corrected chi connectivity index (χ4v) is 2.02. The van der Waals surface area contributed by atoms with Crippen molar-refractivity contribution in [3.63, 3.8) is 0 Å². The van der Waals surface area contributed by atoms with Gasteiger partial charge in [0.05, 0.1) is 0 Å². The highest BCUT2D eigenvalue weighted by Crippen LogP contribution is 2.51. The van der Waals surface area contributed by atoms with E-state index in [2.05, 4.69) is 0 Å². The first-order chi connectivity index (χ1) is 8.07. The van der Waals surface area contributed by atoms with Crippen molar-refractivity contribution in [2.45, 2.75) is 31.2 Å². The summed E-state index contributed by atoms with van der Waals surface area (Å²) in [5, 5.41) is 1.62. The molecule has 1 aromatic rings. The maximum Gasteiger partial charge on any atom is 0.420 e. The van der Waals surface area contributed by atoms with Crippen LogP contribution < -0.4 is 5.32 Å². The molecule has 0 fully saturated rings. The van der Waals surface area contributed by atoms with E-state index >= 15 is 0 Å². The van der Waals surface area contributed by atoms with Crippen molar-refractivity contribution in [2.75, 3.05) is 5.32 Å². The van der Waals surface area contributed by atoms with Gasteiger partial charge in [-0.15, -0.1) is 0 Å². The van der Waals surface area contributed by atoms with Crippen LogP contribution >= 0.6 is 0 Å². The third-order valence-corrected chi connectivity index (χ3v) is 3.04. The number of hydrogen-bond acceptors (Lipinski definition) is 1. The summed E-state index contributed by atoms with van der Waals surface area (Å²) in [6, 6.07) is 4.06. The monoisotopic (exact) mass is 269 g/mol. The van der Waals surface area contributed by atoms with Crippen molar-refractivity contribution in [1.82, 2.24) is 0 Å². The molecule has 100 valence electrons. The Hall–Kier alpha value is -1.40. The normalized spacial score (nSPS) is 18.4. The van der Waals surface area contributed by atoms with Gasteiger partial charge in [-0.2, -0.15) is 26.3 Å². The van der Waals surface area contributed by atoms with Crippen LogP contribution in [0.15, 0.2) is 18.2 Å². The number of anilines is 1. The van der Waals surface area contributed by atoms with Gasteiger partial charge in [0.2, 0.25) is 5.54 Å². The van der Waals surface area contributed by atoms with Gasteiger partial charge in [-0.3, -0.25) is 0 Å². The number of nitrogens with one attached hydrogen (secondary N) is 1. The molecule has 0 bridgehead atoms. The second kappa shape index (κ2) is 3.55. The quantitative estimate of drug-likeness (QED) is 0.706. The van der Waals surface area contributed by atoms with Gasteiger partial charge in [-0.05, 0) is 24.1 Å². The predicted molar refractivity (Wildman–Crippen MR) is 53.3 cm³/mol. The molecule has 0 radical (unpaired) electrons. The van der Waals surface area contributed by atoms with E-state index in [4.69, 9.17) is 0 Å². The molecule has 1 aliphatic rings. The second-order valence-corrected chi connectivity index (χ2v) is 4.36. The minimum absolute atomic E-state index is 0.0234. The highest BCUT2D eigenvalue weighted by Gasteiger charge is 2.72. The molecular formula is C11H9F6N. The molecule has 1 aromatic carbocycles. The summed E-state index contributed by atoms with van der Waals surface area (Å²) in [6.07, 6.45) is -11.9. The lowest BCUT2D eigenvalue weighted by Gasteiger charge is -2.34. The SMILES string of the molecule is Cc1ccc2c(c1)NC(C(F)(F)F)(C(F)(F)F)C2. The van der Waals surface area contributed by atoms with Crippen LogP contribution in [0.3, 0.4) is 0 Å². The maximum absolute atomic E-state index is 12.8. The molecule has 2 rings (SSSR count). The molecule has 0 spiro atoms. The van der Waals surface area contributed by atoms with Gasteiger partial charge in [0.25, 0.3) is 0 Å². The highest BCUT2D eigenvalue weighted by atomic mass is 19.4. The molecule has 1 aliphatic heterocycles. The van der Waals surface area contributed by atoms with Gasteiger partial charge >= 0.3 is 12.4 Å². The molecule has 1 N–H and O–H groups in total. The average Bonchev–Trinajstić information content (AvgIpc) is 2.55. The zero-order valence-corrected chi connectivity index (χ0v) is 9.21. The van der Waals surface area contributed by atoms with Gasteiger partial charge in [-0.1, -0.05) is 12.1 Å². The second-order valence-electron chi connectivity index (χ2n) is 4.36. The topological polar surface area (TPSA) is 12.0 Å². The molecule has 0 aliphatic carbocycles. The Morgan fingerprint density at radius 3 is 2.11 bits per heavy atom. The molecule has 1 nitrogen and oxygen atoms in total. The van der Waals surface area contributed by atoms with Crippen LogP contribution in [-0.2, 0) is 6.42 Å². The minimum atomic E-state index is -5.40. The lowest BCUT2D eigenvalue weighted by Crippen LogP contribution is -2.61. The molecule has 1 heterocycles. The van der Waals surface area contributed by atoms with Crippen LogP contribution in [0.4, 0.5) is 32.0 Å². The molecule has 0 unspecified atom stereocenters. The Morgan fingerprint density at radius 1 is 1.06 bits per heavy atom. The van der Waals surface area contributed by atoms with Crippen molar-refractivity contribution >= 4 is 5.69 Å². The van der Waals surface area contributed by atoms with E-state index in [9.17, 15) is 26.3 Å². The average molecular weight is 269 g/mol. The summed E-state index contributed by atoms with van der Waals surface area (Å²) in [4.78, 5) is 0. The summed E-state index contributed by atoms with van der Waals surface area (Å²) in [7, 11) is 0. The van der Waals surface area contributed by atoms with Gasteiger partial charge in [0.15, 0.2) is 0 Å². The van der Waals surface area contributed by atoms with Crippen LogP contribution in [0.25, 0.3) is 0 Å². The minimum Gasteiger partial charge on any atom is -0.364 e. The van der Waals surface area contributed by atoms with E-state index in [0.717, 1.165) is 0 Å². The smallest absolute Gasteiger partial charge is 0.364 e. The van der Waals surface area contributed by atoms with E-state index in [-0.39, 0.29) is 11.3 Å². The van der Waals surface area contributed by atoms with Crippen molar-refractivity contribution in [1.29, 1.82) is 0 Å². The highest BCUT2D eigenvalue weighted by molar-refractivity contribution is 5.61.